The Labute approximate surface area is 258 Å². The number of hydrogen-bond acceptors (Lipinski definition) is 3. The van der Waals surface area contributed by atoms with Crippen LogP contribution < -0.4 is 22.1 Å². The van der Waals surface area contributed by atoms with Crippen LogP contribution >= 0.6 is 47.4 Å². The van der Waals surface area contributed by atoms with E-state index in [1.165, 1.54) is 21.7 Å². The van der Waals surface area contributed by atoms with E-state index in [9.17, 15) is 0 Å². The van der Waals surface area contributed by atoms with Gasteiger partial charge < -0.3 is 11.5 Å². The summed E-state index contributed by atoms with van der Waals surface area (Å²) >= 11 is 5.49. The number of hydrogen-bond donors (Lipinski definition) is 2. The molecule has 0 saturated heterocycles. The average Bonchev–Trinajstić information content (AvgIpc) is 2.97. The molecule has 8 heteroatoms. The molecule has 0 fully saturated rings. The number of halogens is 2. The van der Waals surface area contributed by atoms with E-state index >= 15 is 0 Å². The second-order valence-electron chi connectivity index (χ2n) is 9.34. The molecule has 4 rings (SSSR count). The zero-order valence-electron chi connectivity index (χ0n) is 22.7. The zero-order valence-corrected chi connectivity index (χ0v) is 28.8. The standard InChI is InChI=1S/C17H20P2S.C14H16N2.2ClH.Ru/c1-18(2)15-11-7-5-9-13(15)17(20)14-10-6-8-12-16(14)19(3)4;15-13(11-7-3-1-4-8-11)14(16)12-9-5-2-6-10-12;;;/h5-12H,1-4H3;1-10,13-14H,15-16H2;2*1H;/q;;;;+4. The molecule has 4 aromatic carbocycles. The van der Waals surface area contributed by atoms with Crippen LogP contribution in [0.1, 0.15) is 34.3 Å². The molecule has 0 radical (unpaired) electrons. The van der Waals surface area contributed by atoms with Crippen molar-refractivity contribution in [3.63, 3.8) is 0 Å². The number of nitrogens with two attached hydrogens (primary N) is 2. The van der Waals surface area contributed by atoms with Crippen molar-refractivity contribution in [1.29, 1.82) is 0 Å². The second kappa shape index (κ2) is 18.4. The molecule has 0 aliphatic heterocycles. The second-order valence-corrected chi connectivity index (χ2v) is 17.5. The first-order valence-corrected chi connectivity index (χ1v) is 22.4. The van der Waals surface area contributed by atoms with Gasteiger partial charge >= 0.3 is 34.5 Å². The van der Waals surface area contributed by atoms with E-state index in [0.717, 1.165) is 16.0 Å². The van der Waals surface area contributed by atoms with E-state index < -0.39 is 15.8 Å². The molecule has 0 bridgehead atoms. The molecular formula is C31H38Cl2N2P2RuS+4. The summed E-state index contributed by atoms with van der Waals surface area (Å²) in [4.78, 5) is 1.02. The summed E-state index contributed by atoms with van der Waals surface area (Å²) < 4.78 is 0. The maximum absolute atomic E-state index is 6.15. The Morgan fingerprint density at radius 3 is 1.18 bits per heavy atom. The van der Waals surface area contributed by atoms with E-state index in [-0.39, 0.29) is 27.2 Å². The van der Waals surface area contributed by atoms with Gasteiger partial charge in [0.1, 0.15) is 0 Å². The summed E-state index contributed by atoms with van der Waals surface area (Å²) in [6.07, 6.45) is 0. The molecule has 0 aliphatic carbocycles. The third kappa shape index (κ3) is 10.7. The van der Waals surface area contributed by atoms with Crippen molar-refractivity contribution in [2.45, 2.75) is 12.1 Å². The Balaban J connectivity index is 0.000000253. The fourth-order valence-electron chi connectivity index (χ4n) is 4.14. The molecule has 0 amide bonds. The first-order valence-electron chi connectivity index (χ1n) is 12.5. The molecule has 4 N–H and O–H groups in total. The van der Waals surface area contributed by atoms with Gasteiger partial charge in [0.2, 0.25) is 0 Å². The Hall–Kier alpha value is -1.05. The summed E-state index contributed by atoms with van der Waals surface area (Å²) in [5, 5.41) is 2.89. The van der Waals surface area contributed by atoms with E-state index in [0.29, 0.717) is 0 Å². The molecule has 0 aliphatic rings. The summed E-state index contributed by atoms with van der Waals surface area (Å²) in [5.41, 5.74) is 17.0. The summed E-state index contributed by atoms with van der Waals surface area (Å²) in [7, 11) is 8.70. The predicted octanol–water partition coefficient (Wildman–Crippen LogP) is 7.41. The van der Waals surface area contributed by atoms with Gasteiger partial charge in [-0.15, -0.1) is 0 Å². The van der Waals surface area contributed by atoms with E-state index in [2.05, 4.69) is 75.2 Å². The number of thiocarbonyl (C=S) groups is 1. The molecule has 0 spiro atoms. The van der Waals surface area contributed by atoms with Crippen molar-refractivity contribution in [1.82, 2.24) is 0 Å². The van der Waals surface area contributed by atoms with Gasteiger partial charge in [-0.1, -0.05) is 97.1 Å². The van der Waals surface area contributed by atoms with Crippen molar-refractivity contribution < 1.29 is 15.1 Å². The van der Waals surface area contributed by atoms with Crippen LogP contribution in [-0.2, 0) is 15.1 Å². The minimum absolute atomic E-state index is 0.163. The molecule has 2 unspecified atom stereocenters. The molecule has 2 nitrogen and oxygen atoms in total. The van der Waals surface area contributed by atoms with Crippen LogP contribution in [0.4, 0.5) is 0 Å². The van der Waals surface area contributed by atoms with Crippen molar-refractivity contribution in [3.05, 3.63) is 131 Å². The van der Waals surface area contributed by atoms with Crippen molar-refractivity contribution in [2.24, 2.45) is 11.5 Å². The first kappa shape index (κ1) is 34.2. The molecular weight excluding hydrogens is 666 g/mol. The van der Waals surface area contributed by atoms with Crippen molar-refractivity contribution in [2.75, 3.05) is 26.7 Å². The zero-order chi connectivity index (χ0) is 28.8. The average molecular weight is 705 g/mol. The quantitative estimate of drug-likeness (QED) is 0.0913. The molecule has 0 saturated carbocycles. The maximum atomic E-state index is 6.15. The normalized spacial score (nSPS) is 12.1. The summed E-state index contributed by atoms with van der Waals surface area (Å²) in [6, 6.07) is 36.9. The number of rotatable bonds is 7. The van der Waals surface area contributed by atoms with Crippen LogP contribution in [-0.4, -0.2) is 31.5 Å². The third-order valence-electron chi connectivity index (χ3n) is 6.18. The Morgan fingerprint density at radius 1 is 0.590 bits per heavy atom. The summed E-state index contributed by atoms with van der Waals surface area (Å²) in [5.74, 6) is 0. The van der Waals surface area contributed by atoms with E-state index in [1.54, 1.807) is 0 Å². The predicted molar refractivity (Wildman–Crippen MR) is 182 cm³/mol. The van der Waals surface area contributed by atoms with Crippen LogP contribution in [0.3, 0.4) is 0 Å². The first-order chi connectivity index (χ1) is 18.7. The van der Waals surface area contributed by atoms with Crippen LogP contribution in [0.15, 0.2) is 109 Å². The number of benzene rings is 4. The van der Waals surface area contributed by atoms with Gasteiger partial charge in [-0.25, -0.2) is 0 Å². The van der Waals surface area contributed by atoms with Gasteiger partial charge in [0.25, 0.3) is 0 Å². The van der Waals surface area contributed by atoms with Gasteiger partial charge in [0.15, 0.2) is 0 Å². The Bertz CT molecular complexity index is 1180. The molecule has 4 aromatic rings. The van der Waals surface area contributed by atoms with Crippen molar-refractivity contribution >= 4 is 62.9 Å². The van der Waals surface area contributed by atoms with Gasteiger partial charge in [0.05, 0.1) is 42.1 Å². The Kier molecular flexibility index (Phi) is 16.1. The van der Waals surface area contributed by atoms with Crippen LogP contribution in [0.2, 0.25) is 0 Å². The van der Waals surface area contributed by atoms with E-state index in [4.69, 9.17) is 43.1 Å². The van der Waals surface area contributed by atoms with Gasteiger partial charge in [-0.3, -0.25) is 0 Å². The summed E-state index contributed by atoms with van der Waals surface area (Å²) in [6.45, 7) is 9.31. The van der Waals surface area contributed by atoms with Crippen LogP contribution in [0, 0.1) is 0 Å². The van der Waals surface area contributed by atoms with Crippen LogP contribution in [0.25, 0.3) is 0 Å². The molecule has 2 atom stereocenters. The molecule has 39 heavy (non-hydrogen) atoms. The third-order valence-corrected chi connectivity index (χ3v) is 9.64. The fraction of sp³-hybridized carbons (Fsp3) is 0.194. The van der Waals surface area contributed by atoms with Crippen molar-refractivity contribution in [3.8, 4) is 0 Å². The van der Waals surface area contributed by atoms with Gasteiger partial charge in [-0.05, 0) is 35.4 Å². The van der Waals surface area contributed by atoms with E-state index in [1.807, 2.05) is 60.7 Å². The molecule has 0 aromatic heterocycles. The topological polar surface area (TPSA) is 52.0 Å². The van der Waals surface area contributed by atoms with Crippen LogP contribution in [0.5, 0.6) is 0 Å². The SMILES string of the molecule is C[PH+](C)c1ccccc1C(=S)c1ccccc1[PH+](C)C.NC(c1ccccc1)C(N)c1ccccc1.[Cl][Ru+2][Cl]. The monoisotopic (exact) mass is 704 g/mol. The molecule has 0 heterocycles. The van der Waals surface area contributed by atoms with Gasteiger partial charge in [-0.2, -0.15) is 0 Å². The fourth-order valence-corrected chi connectivity index (χ4v) is 7.03. The molecule has 206 valence electrons. The van der Waals surface area contributed by atoms with Gasteiger partial charge in [0, 0.05) is 39.1 Å². The Morgan fingerprint density at radius 2 is 0.872 bits per heavy atom. The minimum atomic E-state index is -0.505.